The summed E-state index contributed by atoms with van der Waals surface area (Å²) in [4.78, 5) is 20.7. The number of ketones is 1. The number of alkyl halides is 4. The van der Waals surface area contributed by atoms with Crippen LogP contribution in [-0.4, -0.2) is 16.2 Å². The van der Waals surface area contributed by atoms with Crippen molar-refractivity contribution < 1.29 is 22.9 Å². The predicted octanol–water partition coefficient (Wildman–Crippen LogP) is 4.08. The Morgan fingerprint density at radius 3 is 2.47 bits per heavy atom. The van der Waals surface area contributed by atoms with Crippen molar-refractivity contribution in [2.45, 2.75) is 22.7 Å². The zero-order valence-electron chi connectivity index (χ0n) is 9.40. The molecule has 0 fully saturated rings. The van der Waals surface area contributed by atoms with Gasteiger partial charge in [-0.1, -0.05) is 0 Å². The first-order valence-corrected chi connectivity index (χ1v) is 6.05. The number of nitrogens with zero attached hydrogens (tertiary/aromatic N) is 1. The van der Waals surface area contributed by atoms with E-state index >= 15 is 0 Å². The van der Waals surface area contributed by atoms with E-state index in [1.54, 1.807) is 0 Å². The average molecular weight is 314 g/mol. The summed E-state index contributed by atoms with van der Waals surface area (Å²) < 4.78 is 36.5. The maximum Gasteiger partial charge on any atom is 0.446 e. The SMILES string of the molecule is CC(=O)C(Cl)c1ccc(SC(F)(F)F)cc1[N+](=O)[O-]. The van der Waals surface area contributed by atoms with Gasteiger partial charge in [0.15, 0.2) is 5.78 Å². The van der Waals surface area contributed by atoms with Gasteiger partial charge in [-0.05, 0) is 30.8 Å². The van der Waals surface area contributed by atoms with Crippen LogP contribution in [0.5, 0.6) is 0 Å². The van der Waals surface area contributed by atoms with Crippen LogP contribution in [0.3, 0.4) is 0 Å². The Morgan fingerprint density at radius 1 is 1.47 bits per heavy atom. The molecule has 0 saturated heterocycles. The van der Waals surface area contributed by atoms with Crippen molar-refractivity contribution in [3.05, 3.63) is 33.9 Å². The van der Waals surface area contributed by atoms with Crippen LogP contribution in [0.2, 0.25) is 0 Å². The van der Waals surface area contributed by atoms with Crippen LogP contribution in [0, 0.1) is 10.1 Å². The van der Waals surface area contributed by atoms with Gasteiger partial charge in [0.25, 0.3) is 5.69 Å². The zero-order valence-corrected chi connectivity index (χ0v) is 11.0. The quantitative estimate of drug-likeness (QED) is 0.364. The van der Waals surface area contributed by atoms with Gasteiger partial charge in [0.2, 0.25) is 0 Å². The second-order valence-corrected chi connectivity index (χ2v) is 5.07. The van der Waals surface area contributed by atoms with E-state index in [2.05, 4.69) is 0 Å². The molecule has 104 valence electrons. The summed E-state index contributed by atoms with van der Waals surface area (Å²) >= 11 is 5.22. The Hall–Kier alpha value is -1.28. The van der Waals surface area contributed by atoms with E-state index in [1.165, 1.54) is 0 Å². The molecular weight excluding hydrogens is 307 g/mol. The highest BCUT2D eigenvalue weighted by atomic mass is 35.5. The van der Waals surface area contributed by atoms with Crippen molar-refractivity contribution in [2.24, 2.45) is 0 Å². The number of nitro benzene ring substituents is 1. The Morgan fingerprint density at radius 2 is 2.05 bits per heavy atom. The van der Waals surface area contributed by atoms with Crippen molar-refractivity contribution in [3.63, 3.8) is 0 Å². The van der Waals surface area contributed by atoms with Gasteiger partial charge in [-0.2, -0.15) is 13.2 Å². The lowest BCUT2D eigenvalue weighted by Gasteiger charge is -2.09. The third-order valence-corrected chi connectivity index (χ3v) is 3.33. The van der Waals surface area contributed by atoms with Crippen molar-refractivity contribution in [1.29, 1.82) is 0 Å². The van der Waals surface area contributed by atoms with E-state index < -0.39 is 39.0 Å². The zero-order chi connectivity index (χ0) is 14.8. The highest BCUT2D eigenvalue weighted by Crippen LogP contribution is 2.40. The van der Waals surface area contributed by atoms with Gasteiger partial charge < -0.3 is 0 Å². The second kappa shape index (κ2) is 5.79. The smallest absolute Gasteiger partial charge is 0.298 e. The summed E-state index contributed by atoms with van der Waals surface area (Å²) in [5.74, 6) is -0.527. The van der Waals surface area contributed by atoms with Gasteiger partial charge in [-0.3, -0.25) is 14.9 Å². The Balaban J connectivity index is 3.23. The summed E-state index contributed by atoms with van der Waals surface area (Å²) in [6, 6.07) is 2.86. The monoisotopic (exact) mass is 313 g/mol. The Labute approximate surface area is 115 Å². The number of thioether (sulfide) groups is 1. The fraction of sp³-hybridized carbons (Fsp3) is 0.300. The van der Waals surface area contributed by atoms with Gasteiger partial charge in [-0.15, -0.1) is 11.6 Å². The minimum absolute atomic E-state index is 0.120. The average Bonchev–Trinajstić information content (AvgIpc) is 2.25. The molecule has 0 aliphatic heterocycles. The fourth-order valence-electron chi connectivity index (χ4n) is 1.31. The van der Waals surface area contributed by atoms with Gasteiger partial charge in [-0.25, -0.2) is 0 Å². The lowest BCUT2D eigenvalue weighted by atomic mass is 10.1. The summed E-state index contributed by atoms with van der Waals surface area (Å²) in [6.07, 6.45) is 0. The van der Waals surface area contributed by atoms with Gasteiger partial charge in [0, 0.05) is 11.0 Å². The summed E-state index contributed by atoms with van der Waals surface area (Å²) in [5.41, 5.74) is -5.27. The molecule has 0 aromatic heterocycles. The highest BCUT2D eigenvalue weighted by Gasteiger charge is 2.31. The molecule has 0 amide bonds. The van der Waals surface area contributed by atoms with Crippen LogP contribution >= 0.6 is 23.4 Å². The second-order valence-electron chi connectivity index (χ2n) is 3.50. The molecule has 9 heteroatoms. The van der Waals surface area contributed by atoms with Gasteiger partial charge in [0.1, 0.15) is 5.38 Å². The molecule has 0 bridgehead atoms. The van der Waals surface area contributed by atoms with Crippen LogP contribution in [-0.2, 0) is 4.79 Å². The number of carbonyl (C=O) groups excluding carboxylic acids is 1. The molecule has 1 rings (SSSR count). The standard InChI is InChI=1S/C10H7ClF3NO3S/c1-5(16)9(11)7-3-2-6(19-10(12,13)14)4-8(7)15(17)18/h2-4,9H,1H3. The number of hydrogen-bond acceptors (Lipinski definition) is 4. The number of hydrogen-bond donors (Lipinski definition) is 0. The first-order valence-electron chi connectivity index (χ1n) is 4.80. The first-order chi connectivity index (χ1) is 8.61. The maximum absolute atomic E-state index is 12.2. The Bertz CT molecular complexity index is 521. The summed E-state index contributed by atoms with van der Waals surface area (Å²) in [6.45, 7) is 1.14. The van der Waals surface area contributed by atoms with E-state index in [0.717, 1.165) is 25.1 Å². The van der Waals surface area contributed by atoms with E-state index in [9.17, 15) is 28.1 Å². The molecule has 0 heterocycles. The topological polar surface area (TPSA) is 60.2 Å². The van der Waals surface area contributed by atoms with Crippen LogP contribution < -0.4 is 0 Å². The first kappa shape index (κ1) is 15.8. The molecule has 0 spiro atoms. The normalized spacial score (nSPS) is 13.1. The molecule has 1 aromatic rings. The van der Waals surface area contributed by atoms with Crippen LogP contribution in [0.15, 0.2) is 23.1 Å². The Kier molecular flexibility index (Phi) is 4.81. The summed E-state index contributed by atoms with van der Waals surface area (Å²) in [5, 5.41) is 9.55. The van der Waals surface area contributed by atoms with Crippen LogP contribution in [0.1, 0.15) is 17.9 Å². The van der Waals surface area contributed by atoms with Crippen LogP contribution in [0.25, 0.3) is 0 Å². The van der Waals surface area contributed by atoms with Crippen molar-refractivity contribution in [1.82, 2.24) is 0 Å². The van der Waals surface area contributed by atoms with Gasteiger partial charge >= 0.3 is 5.51 Å². The maximum atomic E-state index is 12.2. The van der Waals surface area contributed by atoms with Crippen molar-refractivity contribution in [3.8, 4) is 0 Å². The number of Topliss-reactive ketones (excluding diaryl/α,β-unsaturated/α-hetero) is 1. The lowest BCUT2D eigenvalue weighted by molar-refractivity contribution is -0.385. The fourth-order valence-corrected chi connectivity index (χ4v) is 2.07. The van der Waals surface area contributed by atoms with E-state index in [4.69, 9.17) is 11.6 Å². The molecule has 1 unspecified atom stereocenters. The van der Waals surface area contributed by atoms with E-state index in [-0.39, 0.29) is 10.5 Å². The molecule has 0 saturated carbocycles. The molecule has 4 nitrogen and oxygen atoms in total. The summed E-state index contributed by atoms with van der Waals surface area (Å²) in [7, 11) is 0. The largest absolute Gasteiger partial charge is 0.446 e. The lowest BCUT2D eigenvalue weighted by Crippen LogP contribution is -2.06. The molecule has 1 atom stereocenters. The molecule has 1 aromatic carbocycles. The molecule has 0 aliphatic carbocycles. The van der Waals surface area contributed by atoms with Crippen LogP contribution in [0.4, 0.5) is 18.9 Å². The van der Waals surface area contributed by atoms with E-state index in [1.807, 2.05) is 0 Å². The van der Waals surface area contributed by atoms with Gasteiger partial charge in [0.05, 0.1) is 10.5 Å². The number of halogens is 4. The number of rotatable bonds is 4. The molecule has 0 radical (unpaired) electrons. The molecule has 0 aliphatic rings. The molecule has 19 heavy (non-hydrogen) atoms. The van der Waals surface area contributed by atoms with Crippen molar-refractivity contribution in [2.75, 3.05) is 0 Å². The van der Waals surface area contributed by atoms with E-state index in [0.29, 0.717) is 0 Å². The number of carbonyl (C=O) groups is 1. The molecular formula is C10H7ClF3NO3S. The third kappa shape index (κ3) is 4.39. The van der Waals surface area contributed by atoms with Crippen molar-refractivity contribution >= 4 is 34.8 Å². The molecule has 0 N–H and O–H groups in total. The number of nitro groups is 1. The number of benzene rings is 1. The third-order valence-electron chi connectivity index (χ3n) is 2.06. The minimum Gasteiger partial charge on any atom is -0.298 e. The minimum atomic E-state index is -4.55. The highest BCUT2D eigenvalue weighted by molar-refractivity contribution is 8.00. The predicted molar refractivity (Wildman–Crippen MR) is 64.3 cm³/mol.